The smallest absolute Gasteiger partial charge is 0.265 e. The first kappa shape index (κ1) is 17.3. The summed E-state index contributed by atoms with van der Waals surface area (Å²) in [6.07, 6.45) is 2.10. The standard InChI is InChI=1S/C18H24N4O3/c1-25-16-4-2-15(3-5-16)21-11-8-14(9-12-21)19-10-13-22-18(24)7-6-17(23)20-22/h2-7,14,19H,8-13H2,1H3,(H,20,23). The zero-order valence-corrected chi connectivity index (χ0v) is 14.4. The molecule has 1 aromatic heterocycles. The molecule has 2 N–H and O–H groups in total. The average molecular weight is 344 g/mol. The lowest BCUT2D eigenvalue weighted by Crippen LogP contribution is -2.44. The molecule has 7 nitrogen and oxygen atoms in total. The monoisotopic (exact) mass is 344 g/mol. The topological polar surface area (TPSA) is 79.4 Å². The fraction of sp³-hybridized carbons (Fsp3) is 0.444. The van der Waals surface area contributed by atoms with Crippen LogP contribution in [0.3, 0.4) is 0 Å². The predicted octanol–water partition coefficient (Wildman–Crippen LogP) is 0.804. The Morgan fingerprint density at radius 1 is 1.12 bits per heavy atom. The number of aromatic nitrogens is 2. The Bertz CT molecular complexity index is 789. The third-order valence-corrected chi connectivity index (χ3v) is 4.59. The fourth-order valence-corrected chi connectivity index (χ4v) is 3.14. The van der Waals surface area contributed by atoms with Crippen LogP contribution in [0.4, 0.5) is 5.69 Å². The zero-order chi connectivity index (χ0) is 17.6. The molecular weight excluding hydrogens is 320 g/mol. The van der Waals surface area contributed by atoms with E-state index in [1.54, 1.807) is 7.11 Å². The van der Waals surface area contributed by atoms with Gasteiger partial charge >= 0.3 is 0 Å². The summed E-state index contributed by atoms with van der Waals surface area (Å²) < 4.78 is 6.54. The highest BCUT2D eigenvalue weighted by Crippen LogP contribution is 2.22. The molecule has 1 aliphatic heterocycles. The molecule has 25 heavy (non-hydrogen) atoms. The number of hydrogen-bond acceptors (Lipinski definition) is 5. The van der Waals surface area contributed by atoms with Crippen LogP contribution < -0.4 is 26.1 Å². The molecule has 1 fully saturated rings. The van der Waals surface area contributed by atoms with Crippen molar-refractivity contribution in [2.45, 2.75) is 25.4 Å². The maximum absolute atomic E-state index is 11.6. The minimum absolute atomic E-state index is 0.185. The molecule has 0 spiro atoms. The Balaban J connectivity index is 1.45. The van der Waals surface area contributed by atoms with Crippen LogP contribution in [0.2, 0.25) is 0 Å². The normalized spacial score (nSPS) is 15.3. The van der Waals surface area contributed by atoms with E-state index in [4.69, 9.17) is 4.74 Å². The number of anilines is 1. The van der Waals surface area contributed by atoms with Crippen LogP contribution in [0, 0.1) is 0 Å². The van der Waals surface area contributed by atoms with Gasteiger partial charge < -0.3 is 15.0 Å². The highest BCUT2D eigenvalue weighted by atomic mass is 16.5. The van der Waals surface area contributed by atoms with E-state index in [0.29, 0.717) is 19.1 Å². The summed E-state index contributed by atoms with van der Waals surface area (Å²) in [6, 6.07) is 11.1. The van der Waals surface area contributed by atoms with E-state index < -0.39 is 0 Å². The first-order valence-electron chi connectivity index (χ1n) is 8.58. The lowest BCUT2D eigenvalue weighted by atomic mass is 10.0. The number of nitrogens with zero attached hydrogens (tertiary/aromatic N) is 2. The van der Waals surface area contributed by atoms with Crippen LogP contribution in [-0.2, 0) is 6.54 Å². The van der Waals surface area contributed by atoms with Crippen molar-refractivity contribution in [3.63, 3.8) is 0 Å². The Kier molecular flexibility index (Phi) is 5.55. The highest BCUT2D eigenvalue weighted by Gasteiger charge is 2.18. The van der Waals surface area contributed by atoms with Crippen LogP contribution in [-0.4, -0.2) is 42.6 Å². The number of H-pyrrole nitrogens is 1. The number of ether oxygens (including phenoxy) is 1. The molecule has 1 aromatic carbocycles. The molecular formula is C18H24N4O3. The quantitative estimate of drug-likeness (QED) is 0.810. The van der Waals surface area contributed by atoms with E-state index in [2.05, 4.69) is 27.4 Å². The number of aromatic amines is 1. The number of piperidine rings is 1. The maximum Gasteiger partial charge on any atom is 0.265 e. The van der Waals surface area contributed by atoms with Crippen LogP contribution in [0.15, 0.2) is 46.0 Å². The summed E-state index contributed by atoms with van der Waals surface area (Å²) in [5.74, 6) is 0.870. The lowest BCUT2D eigenvalue weighted by molar-refractivity contribution is 0.397. The van der Waals surface area contributed by atoms with Gasteiger partial charge in [-0.1, -0.05) is 0 Å². The van der Waals surface area contributed by atoms with Crippen LogP contribution >= 0.6 is 0 Å². The minimum Gasteiger partial charge on any atom is -0.497 e. The Labute approximate surface area is 146 Å². The van der Waals surface area contributed by atoms with Crippen molar-refractivity contribution in [1.29, 1.82) is 0 Å². The van der Waals surface area contributed by atoms with Crippen molar-refractivity contribution < 1.29 is 4.74 Å². The number of nitrogens with one attached hydrogen (secondary N) is 2. The van der Waals surface area contributed by atoms with Crippen molar-refractivity contribution in [3.05, 3.63) is 57.1 Å². The van der Waals surface area contributed by atoms with Gasteiger partial charge in [0.25, 0.3) is 11.1 Å². The van der Waals surface area contributed by atoms with Gasteiger partial charge in [-0.25, -0.2) is 4.68 Å². The molecule has 3 rings (SSSR count). The third-order valence-electron chi connectivity index (χ3n) is 4.59. The van der Waals surface area contributed by atoms with E-state index >= 15 is 0 Å². The number of hydrogen-bond donors (Lipinski definition) is 2. The Morgan fingerprint density at radius 3 is 2.52 bits per heavy atom. The van der Waals surface area contributed by atoms with Crippen molar-refractivity contribution in [2.24, 2.45) is 0 Å². The van der Waals surface area contributed by atoms with E-state index in [0.717, 1.165) is 31.7 Å². The fourth-order valence-electron chi connectivity index (χ4n) is 3.14. The van der Waals surface area contributed by atoms with E-state index in [-0.39, 0.29) is 11.1 Å². The van der Waals surface area contributed by atoms with Crippen LogP contribution in [0.25, 0.3) is 0 Å². The lowest BCUT2D eigenvalue weighted by Gasteiger charge is -2.34. The second-order valence-electron chi connectivity index (χ2n) is 6.21. The summed E-state index contributed by atoms with van der Waals surface area (Å²) in [6.45, 7) is 3.11. The van der Waals surface area contributed by atoms with Crippen molar-refractivity contribution in [1.82, 2.24) is 15.1 Å². The van der Waals surface area contributed by atoms with Gasteiger partial charge in [0.2, 0.25) is 0 Å². The van der Waals surface area contributed by atoms with Gasteiger partial charge in [0.15, 0.2) is 0 Å². The van der Waals surface area contributed by atoms with Gasteiger partial charge in [0, 0.05) is 43.5 Å². The summed E-state index contributed by atoms with van der Waals surface area (Å²) >= 11 is 0. The molecule has 1 saturated heterocycles. The third kappa shape index (κ3) is 4.51. The summed E-state index contributed by atoms with van der Waals surface area (Å²) in [7, 11) is 1.67. The number of methoxy groups -OCH3 is 1. The average Bonchev–Trinajstić information content (AvgIpc) is 2.65. The molecule has 0 saturated carbocycles. The molecule has 0 aliphatic carbocycles. The van der Waals surface area contributed by atoms with Crippen molar-refractivity contribution >= 4 is 5.69 Å². The van der Waals surface area contributed by atoms with Gasteiger partial charge in [-0.2, -0.15) is 0 Å². The van der Waals surface area contributed by atoms with Gasteiger partial charge in [-0.15, -0.1) is 0 Å². The highest BCUT2D eigenvalue weighted by molar-refractivity contribution is 5.49. The SMILES string of the molecule is COc1ccc(N2CCC(NCCn3[nH]c(=O)ccc3=O)CC2)cc1. The van der Waals surface area contributed by atoms with E-state index in [9.17, 15) is 9.59 Å². The summed E-state index contributed by atoms with van der Waals surface area (Å²) in [5.41, 5.74) is 0.774. The van der Waals surface area contributed by atoms with Gasteiger partial charge in [-0.3, -0.25) is 14.7 Å². The number of benzene rings is 1. The van der Waals surface area contributed by atoms with Gasteiger partial charge in [-0.05, 0) is 37.1 Å². The van der Waals surface area contributed by atoms with E-state index in [1.807, 2.05) is 12.1 Å². The predicted molar refractivity (Wildman–Crippen MR) is 97.6 cm³/mol. The molecule has 0 bridgehead atoms. The van der Waals surface area contributed by atoms with Crippen LogP contribution in [0.5, 0.6) is 5.75 Å². The molecule has 1 aliphatic rings. The molecule has 0 unspecified atom stereocenters. The Hall–Kier alpha value is -2.54. The largest absolute Gasteiger partial charge is 0.497 e. The van der Waals surface area contributed by atoms with Crippen molar-refractivity contribution in [2.75, 3.05) is 31.6 Å². The van der Waals surface area contributed by atoms with Gasteiger partial charge in [0.1, 0.15) is 5.75 Å². The van der Waals surface area contributed by atoms with E-state index in [1.165, 1.54) is 22.5 Å². The minimum atomic E-state index is -0.257. The van der Waals surface area contributed by atoms with Gasteiger partial charge in [0.05, 0.1) is 13.7 Å². The van der Waals surface area contributed by atoms with Crippen LogP contribution in [0.1, 0.15) is 12.8 Å². The second-order valence-corrected chi connectivity index (χ2v) is 6.21. The summed E-state index contributed by atoms with van der Waals surface area (Å²) in [5, 5.41) is 6.02. The maximum atomic E-state index is 11.6. The molecule has 134 valence electrons. The summed E-state index contributed by atoms with van der Waals surface area (Å²) in [4.78, 5) is 25.3. The first-order chi connectivity index (χ1) is 12.2. The second kappa shape index (κ2) is 8.02. The van der Waals surface area contributed by atoms with Crippen molar-refractivity contribution in [3.8, 4) is 5.75 Å². The first-order valence-corrected chi connectivity index (χ1v) is 8.58. The molecule has 7 heteroatoms. The molecule has 0 amide bonds. The Morgan fingerprint density at radius 2 is 1.84 bits per heavy atom. The zero-order valence-electron chi connectivity index (χ0n) is 14.4. The molecule has 0 atom stereocenters. The number of rotatable bonds is 6. The molecule has 0 radical (unpaired) electrons. The molecule has 2 heterocycles. The molecule has 2 aromatic rings.